The fourth-order valence-corrected chi connectivity index (χ4v) is 9.96. The van der Waals surface area contributed by atoms with Crippen LogP contribution in [-0.4, -0.2) is 0 Å². The quantitative estimate of drug-likeness (QED) is 0.185. The van der Waals surface area contributed by atoms with Crippen molar-refractivity contribution in [3.8, 4) is 11.1 Å². The van der Waals surface area contributed by atoms with Crippen molar-refractivity contribution in [3.05, 3.63) is 164 Å². The van der Waals surface area contributed by atoms with Crippen molar-refractivity contribution in [1.82, 2.24) is 0 Å². The largest absolute Gasteiger partial charge is 0.455 e. The van der Waals surface area contributed by atoms with Gasteiger partial charge in [0, 0.05) is 73.6 Å². The minimum absolute atomic E-state index is 0.934. The molecule has 0 saturated heterocycles. The van der Waals surface area contributed by atoms with Crippen LogP contribution < -0.4 is 4.90 Å². The number of nitrogens with zero attached hydrogens (tertiary/aromatic N) is 1. The van der Waals surface area contributed by atoms with E-state index in [-0.39, 0.29) is 0 Å². The molecule has 4 heteroatoms. The number of hydrogen-bond donors (Lipinski definition) is 0. The molecule has 3 aromatic heterocycles. The zero-order valence-corrected chi connectivity index (χ0v) is 28.4. The van der Waals surface area contributed by atoms with Crippen molar-refractivity contribution >= 4 is 113 Å². The van der Waals surface area contributed by atoms with E-state index in [0.29, 0.717) is 0 Å². The zero-order chi connectivity index (χ0) is 32.8. The molecule has 0 saturated carbocycles. The predicted molar refractivity (Wildman–Crippen MR) is 217 cm³/mol. The summed E-state index contributed by atoms with van der Waals surface area (Å²) in [6.45, 7) is 0. The lowest BCUT2D eigenvalue weighted by Crippen LogP contribution is -2.09. The Bertz CT molecular complexity index is 3090. The van der Waals surface area contributed by atoms with Gasteiger partial charge in [0.2, 0.25) is 0 Å². The molecule has 0 aliphatic carbocycles. The van der Waals surface area contributed by atoms with Gasteiger partial charge < -0.3 is 9.32 Å². The first-order valence-electron chi connectivity index (χ1n) is 16.8. The van der Waals surface area contributed by atoms with Crippen LogP contribution in [0.2, 0.25) is 0 Å². The molecule has 0 fully saturated rings. The highest BCUT2D eigenvalue weighted by Crippen LogP contribution is 2.47. The third kappa shape index (κ3) is 4.19. The molecule has 0 amide bonds. The van der Waals surface area contributed by atoms with Crippen LogP contribution in [0, 0.1) is 0 Å². The van der Waals surface area contributed by atoms with Crippen LogP contribution in [0.3, 0.4) is 0 Å². The van der Waals surface area contributed by atoms with Crippen LogP contribution in [0.1, 0.15) is 0 Å². The smallest absolute Gasteiger partial charge is 0.143 e. The molecular formula is C46H27NOS2. The summed E-state index contributed by atoms with van der Waals surface area (Å²) in [5, 5.41) is 9.84. The van der Waals surface area contributed by atoms with E-state index < -0.39 is 0 Å². The van der Waals surface area contributed by atoms with Gasteiger partial charge in [-0.25, -0.2) is 0 Å². The second-order valence-corrected chi connectivity index (χ2v) is 15.1. The average molecular weight is 674 g/mol. The molecule has 0 N–H and O–H groups in total. The van der Waals surface area contributed by atoms with Gasteiger partial charge in [0.05, 0.1) is 0 Å². The summed E-state index contributed by atoms with van der Waals surface area (Å²) < 4.78 is 11.7. The van der Waals surface area contributed by atoms with Gasteiger partial charge in [0.15, 0.2) is 0 Å². The third-order valence-electron chi connectivity index (χ3n) is 10.1. The molecule has 2 nitrogen and oxygen atoms in total. The number of benzene rings is 8. The fraction of sp³-hybridized carbons (Fsp3) is 0. The molecule has 0 radical (unpaired) electrons. The summed E-state index contributed by atoms with van der Waals surface area (Å²) >= 11 is 3.71. The lowest BCUT2D eigenvalue weighted by atomic mass is 10.0. The van der Waals surface area contributed by atoms with Crippen LogP contribution in [-0.2, 0) is 0 Å². The van der Waals surface area contributed by atoms with E-state index in [1.165, 1.54) is 67.6 Å². The molecule has 0 atom stereocenters. The maximum atomic E-state index is 6.57. The summed E-state index contributed by atoms with van der Waals surface area (Å²) in [6.07, 6.45) is 0. The molecule has 0 aliphatic heterocycles. The summed E-state index contributed by atoms with van der Waals surface area (Å²) in [5.41, 5.74) is 7.72. The molecule has 50 heavy (non-hydrogen) atoms. The van der Waals surface area contributed by atoms with Gasteiger partial charge in [-0.15, -0.1) is 22.7 Å². The molecule has 11 aromatic rings. The summed E-state index contributed by atoms with van der Waals surface area (Å²) in [5.74, 6) is 0. The van der Waals surface area contributed by atoms with E-state index in [2.05, 4.69) is 169 Å². The zero-order valence-electron chi connectivity index (χ0n) is 26.8. The lowest BCUT2D eigenvalue weighted by molar-refractivity contribution is 0.673. The van der Waals surface area contributed by atoms with Crippen molar-refractivity contribution < 1.29 is 4.42 Å². The highest BCUT2D eigenvalue weighted by molar-refractivity contribution is 7.26. The van der Waals surface area contributed by atoms with Crippen LogP contribution in [0.25, 0.3) is 84.2 Å². The molecule has 0 bridgehead atoms. The Kier molecular flexibility index (Phi) is 6.03. The van der Waals surface area contributed by atoms with Gasteiger partial charge in [0.25, 0.3) is 0 Å². The Morgan fingerprint density at radius 1 is 0.380 bits per heavy atom. The van der Waals surface area contributed by atoms with Gasteiger partial charge in [-0.1, -0.05) is 97.1 Å². The normalized spacial score (nSPS) is 12.0. The second kappa shape index (κ2) is 10.8. The molecular weight excluding hydrogens is 647 g/mol. The molecule has 0 aliphatic rings. The SMILES string of the molecule is c1ccc(-c2ccc(N(c3ccc4c(c3)sc3ccc5oc6c7ccccc7ccc6c5c34)c3ccc4sc5ccccc5c4c3)cc2)cc1. The van der Waals surface area contributed by atoms with Crippen molar-refractivity contribution in [2.45, 2.75) is 0 Å². The Labute approximate surface area is 295 Å². The van der Waals surface area contributed by atoms with E-state index in [1.807, 2.05) is 22.7 Å². The third-order valence-corrected chi connectivity index (χ3v) is 12.3. The minimum atomic E-state index is 0.934. The highest BCUT2D eigenvalue weighted by atomic mass is 32.1. The molecule has 11 rings (SSSR count). The Morgan fingerprint density at radius 2 is 1.04 bits per heavy atom. The summed E-state index contributed by atoms with van der Waals surface area (Å²) in [7, 11) is 0. The van der Waals surface area contributed by atoms with Crippen LogP contribution in [0.15, 0.2) is 168 Å². The number of fused-ring (bicyclic) bond motifs is 12. The molecule has 3 heterocycles. The van der Waals surface area contributed by atoms with Crippen LogP contribution >= 0.6 is 22.7 Å². The van der Waals surface area contributed by atoms with Crippen LogP contribution in [0.4, 0.5) is 17.1 Å². The first-order valence-corrected chi connectivity index (χ1v) is 18.5. The first-order chi connectivity index (χ1) is 24.8. The molecule has 0 spiro atoms. The number of thiophene rings is 2. The first kappa shape index (κ1) is 28.0. The molecule has 234 valence electrons. The molecule has 0 unspecified atom stereocenters. The van der Waals surface area contributed by atoms with Crippen LogP contribution in [0.5, 0.6) is 0 Å². The van der Waals surface area contributed by atoms with Gasteiger partial charge >= 0.3 is 0 Å². The van der Waals surface area contributed by atoms with E-state index >= 15 is 0 Å². The summed E-state index contributed by atoms with van der Waals surface area (Å²) in [4.78, 5) is 2.40. The topological polar surface area (TPSA) is 16.4 Å². The standard InChI is InChI=1S/C46H27NOS2/c1-2-8-28(9-3-1)29-14-17-31(18-15-29)47(32-20-24-41-38(26-32)35-12-6-7-13-40(35)49-41)33-19-22-36-43(27-33)50-42-25-23-39-44(45(36)42)37-21-16-30-10-4-5-11-34(30)46(37)48-39/h1-27H. The van der Waals surface area contributed by atoms with Gasteiger partial charge in [-0.3, -0.25) is 0 Å². The second-order valence-electron chi connectivity index (χ2n) is 12.9. The average Bonchev–Trinajstić information content (AvgIpc) is 3.86. The predicted octanol–water partition coefficient (Wildman–Crippen LogP) is 14.6. The Morgan fingerprint density at radius 3 is 1.94 bits per heavy atom. The van der Waals surface area contributed by atoms with Crippen molar-refractivity contribution in [2.75, 3.05) is 4.90 Å². The van der Waals surface area contributed by atoms with Crippen molar-refractivity contribution in [3.63, 3.8) is 0 Å². The van der Waals surface area contributed by atoms with E-state index in [1.54, 1.807) is 0 Å². The maximum absolute atomic E-state index is 6.57. The van der Waals surface area contributed by atoms with Gasteiger partial charge in [-0.05, 0) is 83.2 Å². The van der Waals surface area contributed by atoms with Gasteiger partial charge in [-0.2, -0.15) is 0 Å². The van der Waals surface area contributed by atoms with Crippen molar-refractivity contribution in [2.24, 2.45) is 0 Å². The number of rotatable bonds is 4. The Balaban J connectivity index is 1.12. The highest BCUT2D eigenvalue weighted by Gasteiger charge is 2.20. The van der Waals surface area contributed by atoms with Gasteiger partial charge in [0.1, 0.15) is 11.2 Å². The fourth-order valence-electron chi connectivity index (χ4n) is 7.72. The number of furan rings is 1. The van der Waals surface area contributed by atoms with E-state index in [0.717, 1.165) is 33.6 Å². The van der Waals surface area contributed by atoms with E-state index in [4.69, 9.17) is 4.42 Å². The molecule has 8 aromatic carbocycles. The monoisotopic (exact) mass is 673 g/mol. The Hall–Kier alpha value is -5.94. The summed E-state index contributed by atoms with van der Waals surface area (Å²) in [6, 6.07) is 59.4. The lowest BCUT2D eigenvalue weighted by Gasteiger charge is -2.26. The van der Waals surface area contributed by atoms with Crippen molar-refractivity contribution in [1.29, 1.82) is 0 Å². The number of anilines is 3. The number of hydrogen-bond acceptors (Lipinski definition) is 4. The van der Waals surface area contributed by atoms with E-state index in [9.17, 15) is 0 Å². The maximum Gasteiger partial charge on any atom is 0.143 e. The minimum Gasteiger partial charge on any atom is -0.455 e.